The summed E-state index contributed by atoms with van der Waals surface area (Å²) in [7, 11) is 0. The number of hydrogen-bond acceptors (Lipinski definition) is 4. The predicted octanol–water partition coefficient (Wildman–Crippen LogP) is 3.05. The fourth-order valence-corrected chi connectivity index (χ4v) is 3.19. The minimum atomic E-state index is -0.922. The summed E-state index contributed by atoms with van der Waals surface area (Å²) in [6.07, 6.45) is 4.55. The molecule has 1 aliphatic rings. The molecule has 1 heterocycles. The van der Waals surface area contributed by atoms with Crippen LogP contribution >= 0.6 is 11.3 Å². The average molecular weight is 308 g/mol. The zero-order valence-electron chi connectivity index (χ0n) is 12.4. The van der Waals surface area contributed by atoms with Crippen LogP contribution in [0.5, 0.6) is 0 Å². The van der Waals surface area contributed by atoms with Gasteiger partial charge < -0.3 is 10.4 Å². The van der Waals surface area contributed by atoms with Crippen molar-refractivity contribution in [3.8, 4) is 0 Å². The number of thiazole rings is 1. The summed E-state index contributed by atoms with van der Waals surface area (Å²) in [5.41, 5.74) is 0.845. The van der Waals surface area contributed by atoms with E-state index in [9.17, 15) is 14.7 Å². The molecule has 1 aliphatic carbocycles. The lowest BCUT2D eigenvalue weighted by molar-refractivity contribution is -0.146. The number of amides is 1. The Morgan fingerprint density at radius 3 is 2.43 bits per heavy atom. The molecule has 2 atom stereocenters. The van der Waals surface area contributed by atoms with Crippen molar-refractivity contribution in [3.63, 3.8) is 0 Å². The summed E-state index contributed by atoms with van der Waals surface area (Å²) in [6, 6.07) is 0. The molecule has 0 saturated carbocycles. The minimum Gasteiger partial charge on any atom is -0.481 e. The fraction of sp³-hybridized carbons (Fsp3) is 0.533. The molecule has 21 heavy (non-hydrogen) atoms. The fourth-order valence-electron chi connectivity index (χ4n) is 2.25. The van der Waals surface area contributed by atoms with Gasteiger partial charge in [-0.25, -0.2) is 4.98 Å². The van der Waals surface area contributed by atoms with E-state index in [2.05, 4.69) is 31.1 Å². The van der Waals surface area contributed by atoms with Crippen molar-refractivity contribution in [2.45, 2.75) is 39.0 Å². The molecular formula is C15H20N2O3S. The van der Waals surface area contributed by atoms with Gasteiger partial charge in [-0.1, -0.05) is 32.9 Å². The summed E-state index contributed by atoms with van der Waals surface area (Å²) in [5.74, 6) is -2.37. The number of nitrogens with one attached hydrogen (secondary N) is 1. The molecule has 1 aromatic heterocycles. The quantitative estimate of drug-likeness (QED) is 0.841. The van der Waals surface area contributed by atoms with Crippen molar-refractivity contribution in [3.05, 3.63) is 23.2 Å². The molecular weight excluding hydrogens is 288 g/mol. The van der Waals surface area contributed by atoms with E-state index in [-0.39, 0.29) is 11.3 Å². The first-order chi connectivity index (χ1) is 9.79. The summed E-state index contributed by atoms with van der Waals surface area (Å²) in [5, 5.41) is 14.4. The van der Waals surface area contributed by atoms with Gasteiger partial charge in [0, 0.05) is 10.8 Å². The average Bonchev–Trinajstić information content (AvgIpc) is 2.87. The normalized spacial score (nSPS) is 22.0. The number of aromatic nitrogens is 1. The van der Waals surface area contributed by atoms with E-state index in [0.29, 0.717) is 18.0 Å². The molecule has 6 heteroatoms. The third-order valence-corrected chi connectivity index (χ3v) is 4.35. The molecule has 0 aromatic carbocycles. The first-order valence-electron chi connectivity index (χ1n) is 6.93. The Morgan fingerprint density at radius 2 is 1.90 bits per heavy atom. The highest BCUT2D eigenvalue weighted by atomic mass is 32.1. The van der Waals surface area contributed by atoms with Gasteiger partial charge in [-0.15, -0.1) is 11.3 Å². The van der Waals surface area contributed by atoms with Crippen LogP contribution < -0.4 is 5.32 Å². The number of nitrogens with zero attached hydrogens (tertiary/aromatic N) is 1. The minimum absolute atomic E-state index is 0.0728. The number of carbonyl (C=O) groups excluding carboxylic acids is 1. The molecule has 2 rings (SSSR count). The van der Waals surface area contributed by atoms with E-state index in [1.54, 1.807) is 0 Å². The predicted molar refractivity (Wildman–Crippen MR) is 82.4 cm³/mol. The third-order valence-electron chi connectivity index (χ3n) is 3.59. The van der Waals surface area contributed by atoms with Gasteiger partial charge in [0.15, 0.2) is 5.13 Å². The van der Waals surface area contributed by atoms with Gasteiger partial charge in [-0.05, 0) is 12.8 Å². The largest absolute Gasteiger partial charge is 0.481 e. The highest BCUT2D eigenvalue weighted by molar-refractivity contribution is 7.13. The Balaban J connectivity index is 2.08. The number of hydrogen-bond donors (Lipinski definition) is 2. The third kappa shape index (κ3) is 3.69. The molecule has 0 aliphatic heterocycles. The Bertz CT molecular complexity index is 572. The van der Waals surface area contributed by atoms with Crippen LogP contribution in [0.25, 0.3) is 0 Å². The number of carboxylic acid groups (broad SMARTS) is 1. The smallest absolute Gasteiger partial charge is 0.307 e. The number of anilines is 1. The Morgan fingerprint density at radius 1 is 1.29 bits per heavy atom. The monoisotopic (exact) mass is 308 g/mol. The lowest BCUT2D eigenvalue weighted by Gasteiger charge is -2.23. The van der Waals surface area contributed by atoms with Crippen LogP contribution in [0.4, 0.5) is 5.13 Å². The van der Waals surface area contributed by atoms with Crippen molar-refractivity contribution in [2.24, 2.45) is 11.8 Å². The Kier molecular flexibility index (Phi) is 4.46. The van der Waals surface area contributed by atoms with E-state index in [4.69, 9.17) is 0 Å². The summed E-state index contributed by atoms with van der Waals surface area (Å²) in [4.78, 5) is 27.9. The van der Waals surface area contributed by atoms with Crippen LogP contribution in [-0.4, -0.2) is 22.0 Å². The number of aliphatic carboxylic acids is 1. The van der Waals surface area contributed by atoms with Crippen molar-refractivity contribution >= 4 is 28.3 Å². The maximum atomic E-state index is 12.3. The highest BCUT2D eigenvalue weighted by Crippen LogP contribution is 2.29. The van der Waals surface area contributed by atoms with Gasteiger partial charge >= 0.3 is 5.97 Å². The number of rotatable bonds is 3. The molecule has 2 N–H and O–H groups in total. The van der Waals surface area contributed by atoms with E-state index in [0.717, 1.165) is 5.69 Å². The van der Waals surface area contributed by atoms with Crippen molar-refractivity contribution in [1.82, 2.24) is 4.98 Å². The topological polar surface area (TPSA) is 79.3 Å². The molecule has 1 aromatic rings. The van der Waals surface area contributed by atoms with Crippen molar-refractivity contribution in [1.29, 1.82) is 0 Å². The number of carboxylic acids is 1. The van der Waals surface area contributed by atoms with E-state index >= 15 is 0 Å². The lowest BCUT2D eigenvalue weighted by Crippen LogP contribution is -2.34. The maximum Gasteiger partial charge on any atom is 0.307 e. The van der Waals surface area contributed by atoms with Gasteiger partial charge in [0.1, 0.15) is 0 Å². The second kappa shape index (κ2) is 5.97. The van der Waals surface area contributed by atoms with Gasteiger partial charge in [-0.2, -0.15) is 0 Å². The molecule has 0 radical (unpaired) electrons. The van der Waals surface area contributed by atoms with Gasteiger partial charge in [-0.3, -0.25) is 9.59 Å². The summed E-state index contributed by atoms with van der Waals surface area (Å²) < 4.78 is 0. The van der Waals surface area contributed by atoms with Crippen molar-refractivity contribution in [2.75, 3.05) is 5.32 Å². The SMILES string of the molecule is CC(C)(C)c1csc(NC(=O)C2CC=CCC2C(=O)O)n1. The van der Waals surface area contributed by atoms with E-state index in [1.165, 1.54) is 11.3 Å². The number of allylic oxidation sites excluding steroid dienone is 2. The Hall–Kier alpha value is -1.69. The van der Waals surface area contributed by atoms with Crippen molar-refractivity contribution < 1.29 is 14.7 Å². The molecule has 1 amide bonds. The molecule has 5 nitrogen and oxygen atoms in total. The summed E-state index contributed by atoms with van der Waals surface area (Å²) >= 11 is 1.37. The zero-order chi connectivity index (χ0) is 15.6. The molecule has 114 valence electrons. The zero-order valence-corrected chi connectivity index (χ0v) is 13.2. The second-order valence-electron chi connectivity index (χ2n) is 6.27. The van der Waals surface area contributed by atoms with Crippen LogP contribution in [-0.2, 0) is 15.0 Å². The maximum absolute atomic E-state index is 12.3. The van der Waals surface area contributed by atoms with Gasteiger partial charge in [0.2, 0.25) is 5.91 Å². The van der Waals surface area contributed by atoms with E-state index < -0.39 is 17.8 Å². The van der Waals surface area contributed by atoms with Crippen LogP contribution in [0, 0.1) is 11.8 Å². The summed E-state index contributed by atoms with van der Waals surface area (Å²) in [6.45, 7) is 6.17. The van der Waals surface area contributed by atoms with E-state index in [1.807, 2.05) is 17.5 Å². The molecule has 0 bridgehead atoms. The van der Waals surface area contributed by atoms with Crippen LogP contribution in [0.2, 0.25) is 0 Å². The second-order valence-corrected chi connectivity index (χ2v) is 7.13. The molecule has 0 saturated heterocycles. The number of carbonyl (C=O) groups is 2. The first-order valence-corrected chi connectivity index (χ1v) is 7.81. The molecule has 0 fully saturated rings. The first kappa shape index (κ1) is 15.7. The van der Waals surface area contributed by atoms with Crippen LogP contribution in [0.3, 0.4) is 0 Å². The Labute approximate surface area is 128 Å². The highest BCUT2D eigenvalue weighted by Gasteiger charge is 2.34. The lowest BCUT2D eigenvalue weighted by atomic mass is 9.82. The van der Waals surface area contributed by atoms with Crippen LogP contribution in [0.15, 0.2) is 17.5 Å². The standard InChI is InChI=1S/C15H20N2O3S/c1-15(2,3)11-8-21-14(16-11)17-12(18)9-6-4-5-7-10(9)13(19)20/h4-5,8-10H,6-7H2,1-3H3,(H,19,20)(H,16,17,18). The van der Waals surface area contributed by atoms with Gasteiger partial charge in [0.25, 0.3) is 0 Å². The molecule has 0 spiro atoms. The molecule has 2 unspecified atom stereocenters. The van der Waals surface area contributed by atoms with Gasteiger partial charge in [0.05, 0.1) is 17.5 Å². The van der Waals surface area contributed by atoms with Crippen LogP contribution in [0.1, 0.15) is 39.3 Å².